The quantitative estimate of drug-likeness (QED) is 0.746. The molecule has 1 rings (SSSR count). The Morgan fingerprint density at radius 3 is 2.50 bits per heavy atom. The van der Waals surface area contributed by atoms with Crippen LogP contribution < -0.4 is 0 Å². The normalized spacial score (nSPS) is 11.9. The zero-order valence-corrected chi connectivity index (χ0v) is 12.3. The molecule has 0 fully saturated rings. The van der Waals surface area contributed by atoms with E-state index in [2.05, 4.69) is 50.8 Å². The molecule has 2 nitrogen and oxygen atoms in total. The molecule has 0 unspecified atom stereocenters. The molecule has 0 heterocycles. The Balaban J connectivity index is 2.79. The standard InChI is InChI=1S/C16H25NO/c1-13-6-7-15(16(2,3)4)12-14(13)8-9-17(5)10-11-18/h6-7,11-12H,8-10H2,1-5H3. The SMILES string of the molecule is Cc1ccc(C(C)(C)C)cc1CCN(C)CC=O. The third kappa shape index (κ3) is 4.26. The minimum Gasteiger partial charge on any atom is -0.302 e. The first kappa shape index (κ1) is 14.9. The topological polar surface area (TPSA) is 20.3 Å². The third-order valence-corrected chi connectivity index (χ3v) is 3.36. The van der Waals surface area contributed by atoms with E-state index in [1.54, 1.807) is 0 Å². The molecule has 0 aliphatic rings. The molecule has 0 radical (unpaired) electrons. The summed E-state index contributed by atoms with van der Waals surface area (Å²) in [6.07, 6.45) is 1.96. The van der Waals surface area contributed by atoms with Crippen LogP contribution in [0.25, 0.3) is 0 Å². The van der Waals surface area contributed by atoms with Crippen LogP contribution >= 0.6 is 0 Å². The smallest absolute Gasteiger partial charge is 0.133 e. The fraction of sp³-hybridized carbons (Fsp3) is 0.562. The van der Waals surface area contributed by atoms with Gasteiger partial charge < -0.3 is 4.79 Å². The number of benzene rings is 1. The minimum absolute atomic E-state index is 0.192. The lowest BCUT2D eigenvalue weighted by atomic mass is 9.85. The van der Waals surface area contributed by atoms with Crippen LogP contribution in [0.4, 0.5) is 0 Å². The Hall–Kier alpha value is -1.15. The summed E-state index contributed by atoms with van der Waals surface area (Å²) < 4.78 is 0. The molecule has 0 aliphatic heterocycles. The summed E-state index contributed by atoms with van der Waals surface area (Å²) in [4.78, 5) is 12.5. The van der Waals surface area contributed by atoms with Gasteiger partial charge in [-0.05, 0) is 42.5 Å². The minimum atomic E-state index is 0.192. The Labute approximate surface area is 111 Å². The highest BCUT2D eigenvalue weighted by molar-refractivity contribution is 5.51. The lowest BCUT2D eigenvalue weighted by Gasteiger charge is -2.21. The maximum atomic E-state index is 10.4. The van der Waals surface area contributed by atoms with Crippen LogP contribution in [0.1, 0.15) is 37.5 Å². The number of rotatable bonds is 5. The maximum absolute atomic E-state index is 10.4. The fourth-order valence-electron chi connectivity index (χ4n) is 1.94. The second-order valence-corrected chi connectivity index (χ2v) is 6.07. The lowest BCUT2D eigenvalue weighted by Crippen LogP contribution is -2.23. The number of hydrogen-bond donors (Lipinski definition) is 0. The molecule has 0 bridgehead atoms. The number of aldehydes is 1. The monoisotopic (exact) mass is 247 g/mol. The van der Waals surface area contributed by atoms with Crippen molar-refractivity contribution >= 4 is 6.29 Å². The van der Waals surface area contributed by atoms with E-state index in [4.69, 9.17) is 0 Å². The molecule has 18 heavy (non-hydrogen) atoms. The molecule has 0 amide bonds. The van der Waals surface area contributed by atoms with Crippen LogP contribution in [-0.4, -0.2) is 31.3 Å². The van der Waals surface area contributed by atoms with Gasteiger partial charge in [-0.3, -0.25) is 4.90 Å². The van der Waals surface area contributed by atoms with E-state index < -0.39 is 0 Å². The number of aryl methyl sites for hydroxylation is 1. The number of likely N-dealkylation sites (N-methyl/N-ethyl adjacent to an activating group) is 1. The molecule has 0 N–H and O–H groups in total. The highest BCUT2D eigenvalue weighted by Gasteiger charge is 2.14. The second kappa shape index (κ2) is 6.14. The molecular weight excluding hydrogens is 222 g/mol. The van der Waals surface area contributed by atoms with Gasteiger partial charge in [-0.25, -0.2) is 0 Å². The molecule has 0 atom stereocenters. The Morgan fingerprint density at radius 1 is 1.28 bits per heavy atom. The summed E-state index contributed by atoms with van der Waals surface area (Å²) in [5.41, 5.74) is 4.29. The predicted molar refractivity (Wildman–Crippen MR) is 77.1 cm³/mol. The first-order chi connectivity index (χ1) is 8.34. The summed E-state index contributed by atoms with van der Waals surface area (Å²) in [6, 6.07) is 6.73. The first-order valence-corrected chi connectivity index (χ1v) is 6.57. The van der Waals surface area contributed by atoms with Crippen molar-refractivity contribution in [2.45, 2.75) is 39.5 Å². The number of carbonyl (C=O) groups is 1. The molecule has 0 saturated heterocycles. The molecule has 0 aromatic heterocycles. The van der Waals surface area contributed by atoms with E-state index >= 15 is 0 Å². The zero-order chi connectivity index (χ0) is 13.8. The van der Waals surface area contributed by atoms with Crippen molar-refractivity contribution in [2.24, 2.45) is 0 Å². The second-order valence-electron chi connectivity index (χ2n) is 6.07. The van der Waals surface area contributed by atoms with Gasteiger partial charge in [0.05, 0.1) is 6.54 Å². The van der Waals surface area contributed by atoms with Gasteiger partial charge in [-0.1, -0.05) is 39.0 Å². The largest absolute Gasteiger partial charge is 0.302 e. The maximum Gasteiger partial charge on any atom is 0.133 e. The number of nitrogens with zero attached hydrogens (tertiary/aromatic N) is 1. The van der Waals surface area contributed by atoms with Crippen LogP contribution in [0.15, 0.2) is 18.2 Å². The van der Waals surface area contributed by atoms with Gasteiger partial charge in [0.1, 0.15) is 6.29 Å². The van der Waals surface area contributed by atoms with Gasteiger partial charge in [0.15, 0.2) is 0 Å². The molecular formula is C16H25NO. The summed E-state index contributed by atoms with van der Waals surface area (Å²) in [5.74, 6) is 0. The van der Waals surface area contributed by atoms with Gasteiger partial charge in [0, 0.05) is 6.54 Å². The molecule has 100 valence electrons. The van der Waals surface area contributed by atoms with Crippen molar-refractivity contribution in [3.63, 3.8) is 0 Å². The third-order valence-electron chi connectivity index (χ3n) is 3.36. The van der Waals surface area contributed by atoms with Gasteiger partial charge in [-0.2, -0.15) is 0 Å². The fourth-order valence-corrected chi connectivity index (χ4v) is 1.94. The zero-order valence-electron chi connectivity index (χ0n) is 12.3. The summed E-state index contributed by atoms with van der Waals surface area (Å²) in [7, 11) is 1.98. The first-order valence-electron chi connectivity index (χ1n) is 6.57. The average Bonchev–Trinajstić information content (AvgIpc) is 2.26. The molecule has 1 aromatic carbocycles. The summed E-state index contributed by atoms with van der Waals surface area (Å²) in [6.45, 7) is 10.3. The molecule has 0 aliphatic carbocycles. The van der Waals surface area contributed by atoms with E-state index in [1.807, 2.05) is 7.05 Å². The van der Waals surface area contributed by atoms with Gasteiger partial charge in [-0.15, -0.1) is 0 Å². The van der Waals surface area contributed by atoms with Crippen molar-refractivity contribution in [1.82, 2.24) is 4.90 Å². The van der Waals surface area contributed by atoms with Gasteiger partial charge in [0.25, 0.3) is 0 Å². The summed E-state index contributed by atoms with van der Waals surface area (Å²) >= 11 is 0. The molecule has 2 heteroatoms. The van der Waals surface area contributed by atoms with E-state index in [0.717, 1.165) is 19.3 Å². The van der Waals surface area contributed by atoms with Crippen molar-refractivity contribution in [2.75, 3.05) is 20.1 Å². The molecule has 0 saturated carbocycles. The van der Waals surface area contributed by atoms with Crippen LogP contribution in [0.2, 0.25) is 0 Å². The Morgan fingerprint density at radius 2 is 1.94 bits per heavy atom. The highest BCUT2D eigenvalue weighted by Crippen LogP contribution is 2.24. The average molecular weight is 247 g/mol. The van der Waals surface area contributed by atoms with Crippen molar-refractivity contribution in [3.8, 4) is 0 Å². The highest BCUT2D eigenvalue weighted by atomic mass is 16.1. The van der Waals surface area contributed by atoms with E-state index in [0.29, 0.717) is 6.54 Å². The number of hydrogen-bond acceptors (Lipinski definition) is 2. The Kier molecular flexibility index (Phi) is 5.09. The predicted octanol–water partition coefficient (Wildman–Crippen LogP) is 2.97. The molecule has 0 spiro atoms. The van der Waals surface area contributed by atoms with Gasteiger partial charge >= 0.3 is 0 Å². The van der Waals surface area contributed by atoms with Gasteiger partial charge in [0.2, 0.25) is 0 Å². The number of carbonyl (C=O) groups excluding carboxylic acids is 1. The van der Waals surface area contributed by atoms with Crippen LogP contribution in [-0.2, 0) is 16.6 Å². The van der Waals surface area contributed by atoms with Crippen molar-refractivity contribution in [1.29, 1.82) is 0 Å². The van der Waals surface area contributed by atoms with E-state index in [1.165, 1.54) is 16.7 Å². The van der Waals surface area contributed by atoms with Crippen LogP contribution in [0.5, 0.6) is 0 Å². The van der Waals surface area contributed by atoms with Crippen LogP contribution in [0.3, 0.4) is 0 Å². The van der Waals surface area contributed by atoms with Crippen molar-refractivity contribution in [3.05, 3.63) is 34.9 Å². The van der Waals surface area contributed by atoms with E-state index in [-0.39, 0.29) is 5.41 Å². The Bertz CT molecular complexity index is 404. The lowest BCUT2D eigenvalue weighted by molar-refractivity contribution is -0.108. The van der Waals surface area contributed by atoms with Crippen LogP contribution in [0, 0.1) is 6.92 Å². The van der Waals surface area contributed by atoms with Crippen molar-refractivity contribution < 1.29 is 4.79 Å². The van der Waals surface area contributed by atoms with E-state index in [9.17, 15) is 4.79 Å². The molecule has 1 aromatic rings. The summed E-state index contributed by atoms with van der Waals surface area (Å²) in [5, 5.41) is 0.